The summed E-state index contributed by atoms with van der Waals surface area (Å²) >= 11 is 0. The van der Waals surface area contributed by atoms with Crippen molar-refractivity contribution in [1.82, 2.24) is 16.0 Å². The van der Waals surface area contributed by atoms with Crippen LogP contribution in [-0.4, -0.2) is 32.0 Å². The van der Waals surface area contributed by atoms with Gasteiger partial charge in [0, 0.05) is 32.2 Å². The number of carbonyl (C=O) groups is 1. The Hall–Kier alpha value is -2.82. The normalized spacial score (nSPS) is 11.0. The summed E-state index contributed by atoms with van der Waals surface area (Å²) in [5.74, 6) is 0.643. The van der Waals surface area contributed by atoms with E-state index >= 15 is 0 Å². The number of hydrogen-bond acceptors (Lipinski definition) is 2. The lowest BCUT2D eigenvalue weighted by Crippen LogP contribution is -2.41. The number of nitrogens with one attached hydrogen (secondary N) is 3. The van der Waals surface area contributed by atoms with Crippen molar-refractivity contribution in [2.45, 2.75) is 13.5 Å². The quantitative estimate of drug-likeness (QED) is 0.433. The molecule has 0 saturated heterocycles. The molecule has 126 valence electrons. The highest BCUT2D eigenvalue weighted by molar-refractivity contribution is 5.94. The first kappa shape index (κ1) is 17.5. The number of rotatable bonds is 6. The van der Waals surface area contributed by atoms with Crippen LogP contribution in [0.15, 0.2) is 59.6 Å². The van der Waals surface area contributed by atoms with Crippen molar-refractivity contribution in [2.24, 2.45) is 4.99 Å². The molecule has 0 aromatic heterocycles. The first-order valence-electron chi connectivity index (χ1n) is 8.02. The number of guanidine groups is 1. The molecule has 0 spiro atoms. The van der Waals surface area contributed by atoms with E-state index in [1.54, 1.807) is 19.2 Å². The van der Waals surface area contributed by atoms with Crippen LogP contribution in [0.1, 0.15) is 21.5 Å². The summed E-state index contributed by atoms with van der Waals surface area (Å²) in [7, 11) is 1.73. The van der Waals surface area contributed by atoms with Crippen molar-refractivity contribution < 1.29 is 4.79 Å². The van der Waals surface area contributed by atoms with Gasteiger partial charge in [-0.3, -0.25) is 9.79 Å². The lowest BCUT2D eigenvalue weighted by Gasteiger charge is -2.12. The second-order valence-electron chi connectivity index (χ2n) is 5.46. The number of benzene rings is 2. The van der Waals surface area contributed by atoms with Crippen molar-refractivity contribution in [3.63, 3.8) is 0 Å². The van der Waals surface area contributed by atoms with E-state index in [0.717, 1.165) is 0 Å². The van der Waals surface area contributed by atoms with E-state index in [1.165, 1.54) is 11.1 Å². The molecule has 0 heterocycles. The van der Waals surface area contributed by atoms with Crippen LogP contribution in [0.2, 0.25) is 0 Å². The van der Waals surface area contributed by atoms with Crippen molar-refractivity contribution in [3.05, 3.63) is 71.3 Å². The Morgan fingerprint density at radius 3 is 2.25 bits per heavy atom. The van der Waals surface area contributed by atoms with Gasteiger partial charge in [0.25, 0.3) is 5.91 Å². The number of amides is 1. The molecule has 2 rings (SSSR count). The molecule has 0 fully saturated rings. The Morgan fingerprint density at radius 2 is 1.58 bits per heavy atom. The fourth-order valence-corrected chi connectivity index (χ4v) is 2.16. The van der Waals surface area contributed by atoms with Crippen LogP contribution in [0, 0.1) is 6.92 Å². The van der Waals surface area contributed by atoms with Gasteiger partial charge in [0.2, 0.25) is 0 Å². The summed E-state index contributed by atoms with van der Waals surface area (Å²) < 4.78 is 0. The van der Waals surface area contributed by atoms with Crippen LogP contribution in [0.3, 0.4) is 0 Å². The molecule has 0 atom stereocenters. The molecule has 0 radical (unpaired) electrons. The second kappa shape index (κ2) is 9.35. The van der Waals surface area contributed by atoms with Crippen molar-refractivity contribution in [2.75, 3.05) is 20.1 Å². The van der Waals surface area contributed by atoms with E-state index in [-0.39, 0.29) is 5.91 Å². The topological polar surface area (TPSA) is 65.5 Å². The molecule has 24 heavy (non-hydrogen) atoms. The number of aliphatic imine (C=N–C) groups is 1. The van der Waals surface area contributed by atoms with Gasteiger partial charge in [-0.2, -0.15) is 0 Å². The van der Waals surface area contributed by atoms with Gasteiger partial charge in [0.05, 0.1) is 0 Å². The minimum absolute atomic E-state index is 0.0694. The van der Waals surface area contributed by atoms with Gasteiger partial charge < -0.3 is 16.0 Å². The Bertz CT molecular complexity index is 666. The maximum atomic E-state index is 11.9. The van der Waals surface area contributed by atoms with E-state index in [2.05, 4.69) is 52.1 Å². The molecule has 0 bridgehead atoms. The molecule has 5 nitrogen and oxygen atoms in total. The maximum absolute atomic E-state index is 11.9. The molecule has 0 saturated carbocycles. The van der Waals surface area contributed by atoms with Crippen molar-refractivity contribution in [1.29, 1.82) is 0 Å². The van der Waals surface area contributed by atoms with E-state index in [9.17, 15) is 4.79 Å². The summed E-state index contributed by atoms with van der Waals surface area (Å²) in [5, 5.41) is 9.31. The summed E-state index contributed by atoms with van der Waals surface area (Å²) in [6, 6.07) is 17.6. The highest BCUT2D eigenvalue weighted by Crippen LogP contribution is 2.02. The lowest BCUT2D eigenvalue weighted by molar-refractivity contribution is 0.0954. The molecule has 2 aromatic rings. The third-order valence-corrected chi connectivity index (χ3v) is 3.54. The first-order chi connectivity index (χ1) is 11.7. The minimum Gasteiger partial charge on any atom is -0.355 e. The molecule has 0 aliphatic carbocycles. The molecule has 0 unspecified atom stereocenters. The van der Waals surface area contributed by atoms with Crippen LogP contribution in [0.25, 0.3) is 0 Å². The van der Waals surface area contributed by atoms with Crippen LogP contribution >= 0.6 is 0 Å². The van der Waals surface area contributed by atoms with Crippen LogP contribution in [0.5, 0.6) is 0 Å². The summed E-state index contributed by atoms with van der Waals surface area (Å²) in [6.45, 7) is 3.91. The van der Waals surface area contributed by atoms with Gasteiger partial charge in [-0.25, -0.2) is 0 Å². The van der Waals surface area contributed by atoms with E-state index in [1.807, 2.05) is 18.2 Å². The summed E-state index contributed by atoms with van der Waals surface area (Å²) in [5.41, 5.74) is 3.11. The highest BCUT2D eigenvalue weighted by atomic mass is 16.1. The highest BCUT2D eigenvalue weighted by Gasteiger charge is 2.03. The third kappa shape index (κ3) is 5.76. The van der Waals surface area contributed by atoms with Crippen LogP contribution in [-0.2, 0) is 6.54 Å². The number of aryl methyl sites for hydroxylation is 1. The first-order valence-corrected chi connectivity index (χ1v) is 8.02. The summed E-state index contributed by atoms with van der Waals surface area (Å²) in [4.78, 5) is 16.1. The zero-order chi connectivity index (χ0) is 17.2. The van der Waals surface area contributed by atoms with Crippen molar-refractivity contribution in [3.8, 4) is 0 Å². The monoisotopic (exact) mass is 324 g/mol. The Morgan fingerprint density at radius 1 is 0.917 bits per heavy atom. The van der Waals surface area contributed by atoms with Crippen molar-refractivity contribution >= 4 is 11.9 Å². The molecular weight excluding hydrogens is 300 g/mol. The largest absolute Gasteiger partial charge is 0.355 e. The van der Waals surface area contributed by atoms with Gasteiger partial charge in [0.15, 0.2) is 5.96 Å². The SMILES string of the molecule is CN=C(NCCNC(=O)c1ccccc1)NCc1ccc(C)cc1. The van der Waals surface area contributed by atoms with Crippen LogP contribution < -0.4 is 16.0 Å². The molecule has 0 aliphatic rings. The maximum Gasteiger partial charge on any atom is 0.251 e. The van der Waals surface area contributed by atoms with Gasteiger partial charge in [-0.15, -0.1) is 0 Å². The fraction of sp³-hybridized carbons (Fsp3) is 0.263. The Labute approximate surface area is 143 Å². The molecule has 0 aliphatic heterocycles. The lowest BCUT2D eigenvalue weighted by atomic mass is 10.1. The number of hydrogen-bond donors (Lipinski definition) is 3. The van der Waals surface area contributed by atoms with E-state index in [0.29, 0.717) is 31.2 Å². The van der Waals surface area contributed by atoms with Gasteiger partial charge in [-0.1, -0.05) is 48.0 Å². The molecule has 1 amide bonds. The predicted molar refractivity (Wildman–Crippen MR) is 98.2 cm³/mol. The third-order valence-electron chi connectivity index (χ3n) is 3.54. The average molecular weight is 324 g/mol. The fourth-order valence-electron chi connectivity index (χ4n) is 2.16. The van der Waals surface area contributed by atoms with Gasteiger partial charge in [-0.05, 0) is 24.6 Å². The number of carbonyl (C=O) groups excluding carboxylic acids is 1. The predicted octanol–water partition coefficient (Wildman–Crippen LogP) is 2.09. The molecule has 5 heteroatoms. The van der Waals surface area contributed by atoms with Gasteiger partial charge >= 0.3 is 0 Å². The average Bonchev–Trinajstić information content (AvgIpc) is 2.63. The summed E-state index contributed by atoms with van der Waals surface area (Å²) in [6.07, 6.45) is 0. The zero-order valence-corrected chi connectivity index (χ0v) is 14.2. The van der Waals surface area contributed by atoms with E-state index < -0.39 is 0 Å². The second-order valence-corrected chi connectivity index (χ2v) is 5.46. The van der Waals surface area contributed by atoms with Crippen LogP contribution in [0.4, 0.5) is 0 Å². The zero-order valence-electron chi connectivity index (χ0n) is 14.2. The smallest absolute Gasteiger partial charge is 0.251 e. The molecule has 2 aromatic carbocycles. The van der Waals surface area contributed by atoms with Gasteiger partial charge in [0.1, 0.15) is 0 Å². The molecular formula is C19H24N4O. The number of nitrogens with zero attached hydrogens (tertiary/aromatic N) is 1. The standard InChI is InChI=1S/C19H24N4O/c1-15-8-10-16(11-9-15)14-23-19(20-2)22-13-12-21-18(24)17-6-4-3-5-7-17/h3-11H,12-14H2,1-2H3,(H,21,24)(H2,20,22,23). The minimum atomic E-state index is -0.0694. The molecule has 3 N–H and O–H groups in total. The Balaban J connectivity index is 1.68. The van der Waals surface area contributed by atoms with E-state index in [4.69, 9.17) is 0 Å². The Kier molecular flexibility index (Phi) is 6.83.